The van der Waals surface area contributed by atoms with E-state index in [-0.39, 0.29) is 19.0 Å². The van der Waals surface area contributed by atoms with Crippen LogP contribution in [0.15, 0.2) is 36.7 Å². The second kappa shape index (κ2) is 5.50. The summed E-state index contributed by atoms with van der Waals surface area (Å²) in [6.45, 7) is 0.101. The van der Waals surface area contributed by atoms with Crippen LogP contribution in [0.2, 0.25) is 0 Å². The van der Waals surface area contributed by atoms with E-state index in [0.29, 0.717) is 12.0 Å². The van der Waals surface area contributed by atoms with Gasteiger partial charge in [-0.2, -0.15) is 5.10 Å². The lowest BCUT2D eigenvalue weighted by molar-refractivity contribution is 0.195. The van der Waals surface area contributed by atoms with E-state index in [1.165, 1.54) is 12.1 Å². The first kappa shape index (κ1) is 13.7. The van der Waals surface area contributed by atoms with Gasteiger partial charge in [0.25, 0.3) is 0 Å². The number of aryl methyl sites for hydroxylation is 1. The van der Waals surface area contributed by atoms with E-state index in [0.717, 1.165) is 5.56 Å². The predicted molar refractivity (Wildman–Crippen MR) is 71.1 cm³/mol. The lowest BCUT2D eigenvalue weighted by atomic mass is 9.76. The summed E-state index contributed by atoms with van der Waals surface area (Å²) in [5.41, 5.74) is 6.84. The first-order valence-corrected chi connectivity index (χ1v) is 6.14. The molecule has 1 aromatic carbocycles. The Morgan fingerprint density at radius 2 is 2.26 bits per heavy atom. The molecule has 0 amide bonds. The molecule has 1 atom stereocenters. The van der Waals surface area contributed by atoms with Crippen LogP contribution >= 0.6 is 0 Å². The molecule has 1 unspecified atom stereocenters. The van der Waals surface area contributed by atoms with Gasteiger partial charge in [0.1, 0.15) is 5.82 Å². The second-order valence-electron chi connectivity index (χ2n) is 4.85. The Balaban J connectivity index is 2.37. The smallest absolute Gasteiger partial charge is 0.123 e. The third-order valence-electron chi connectivity index (χ3n) is 3.43. The minimum Gasteiger partial charge on any atom is -0.395 e. The summed E-state index contributed by atoms with van der Waals surface area (Å²) in [7, 11) is 1.83. The van der Waals surface area contributed by atoms with Crippen molar-refractivity contribution in [2.45, 2.75) is 11.8 Å². The number of hydrogen-bond donors (Lipinski definition) is 2. The summed E-state index contributed by atoms with van der Waals surface area (Å²) >= 11 is 0. The van der Waals surface area contributed by atoms with E-state index < -0.39 is 5.41 Å². The number of halogens is 1. The van der Waals surface area contributed by atoms with Crippen molar-refractivity contribution in [3.63, 3.8) is 0 Å². The topological polar surface area (TPSA) is 64.1 Å². The summed E-state index contributed by atoms with van der Waals surface area (Å²) < 4.78 is 15.1. The van der Waals surface area contributed by atoms with Crippen molar-refractivity contribution in [1.82, 2.24) is 9.78 Å². The van der Waals surface area contributed by atoms with Gasteiger partial charge in [-0.3, -0.25) is 4.68 Å². The molecule has 1 aromatic heterocycles. The summed E-state index contributed by atoms with van der Waals surface area (Å²) in [5, 5.41) is 13.9. The summed E-state index contributed by atoms with van der Waals surface area (Å²) in [6.07, 6.45) is 4.13. The molecule has 0 saturated carbocycles. The predicted octanol–water partition coefficient (Wildman–Crippen LogP) is 0.991. The number of aliphatic hydroxyl groups excluding tert-OH is 1. The Bertz CT molecular complexity index is 549. The number of hydrogen-bond acceptors (Lipinski definition) is 3. The van der Waals surface area contributed by atoms with Gasteiger partial charge in [0.05, 0.1) is 12.8 Å². The van der Waals surface area contributed by atoms with E-state index in [2.05, 4.69) is 5.10 Å². The highest BCUT2D eigenvalue weighted by Gasteiger charge is 2.31. The van der Waals surface area contributed by atoms with E-state index in [1.54, 1.807) is 23.0 Å². The van der Waals surface area contributed by atoms with E-state index in [4.69, 9.17) is 5.73 Å². The van der Waals surface area contributed by atoms with Crippen LogP contribution in [0.3, 0.4) is 0 Å². The largest absolute Gasteiger partial charge is 0.395 e. The molecule has 0 spiro atoms. The molecule has 0 aliphatic heterocycles. The van der Waals surface area contributed by atoms with Gasteiger partial charge in [0.15, 0.2) is 0 Å². The van der Waals surface area contributed by atoms with E-state index in [1.807, 2.05) is 13.2 Å². The zero-order valence-corrected chi connectivity index (χ0v) is 10.9. The molecule has 0 bridgehead atoms. The molecule has 102 valence electrons. The molecule has 2 rings (SSSR count). The third-order valence-corrected chi connectivity index (χ3v) is 3.43. The first-order valence-electron chi connectivity index (χ1n) is 6.14. The Labute approximate surface area is 111 Å². The highest BCUT2D eigenvalue weighted by molar-refractivity contribution is 5.29. The zero-order valence-electron chi connectivity index (χ0n) is 10.9. The Morgan fingerprint density at radius 1 is 1.47 bits per heavy atom. The number of benzene rings is 1. The minimum absolute atomic E-state index is 0.137. The highest BCUT2D eigenvalue weighted by Crippen LogP contribution is 2.27. The van der Waals surface area contributed by atoms with Crippen LogP contribution in [0.25, 0.3) is 0 Å². The van der Waals surface area contributed by atoms with Crippen molar-refractivity contribution in [1.29, 1.82) is 0 Å². The third kappa shape index (κ3) is 2.83. The number of aromatic nitrogens is 2. The first-order chi connectivity index (χ1) is 9.09. The van der Waals surface area contributed by atoms with Crippen molar-refractivity contribution in [3.8, 4) is 0 Å². The average molecular weight is 263 g/mol. The van der Waals surface area contributed by atoms with Crippen molar-refractivity contribution >= 4 is 0 Å². The summed E-state index contributed by atoms with van der Waals surface area (Å²) in [4.78, 5) is 0. The summed E-state index contributed by atoms with van der Waals surface area (Å²) in [6, 6.07) is 6.24. The van der Waals surface area contributed by atoms with Gasteiger partial charge < -0.3 is 10.8 Å². The van der Waals surface area contributed by atoms with Crippen LogP contribution in [-0.2, 0) is 18.9 Å². The Hall–Kier alpha value is -1.72. The van der Waals surface area contributed by atoms with Gasteiger partial charge in [-0.05, 0) is 29.7 Å². The average Bonchev–Trinajstić information content (AvgIpc) is 2.81. The molecule has 1 heterocycles. The molecule has 0 radical (unpaired) electrons. The fourth-order valence-corrected chi connectivity index (χ4v) is 2.28. The molecule has 0 aliphatic carbocycles. The molecule has 2 aromatic rings. The van der Waals surface area contributed by atoms with Gasteiger partial charge in [-0.1, -0.05) is 12.1 Å². The van der Waals surface area contributed by atoms with Crippen LogP contribution in [-0.4, -0.2) is 28.0 Å². The second-order valence-corrected chi connectivity index (χ2v) is 4.85. The van der Waals surface area contributed by atoms with Crippen molar-refractivity contribution in [2.75, 3.05) is 13.2 Å². The van der Waals surface area contributed by atoms with E-state index >= 15 is 0 Å². The molecule has 19 heavy (non-hydrogen) atoms. The molecule has 0 aliphatic rings. The molecule has 3 N–H and O–H groups in total. The monoisotopic (exact) mass is 263 g/mol. The minimum atomic E-state index is -0.675. The maximum absolute atomic E-state index is 13.4. The highest BCUT2D eigenvalue weighted by atomic mass is 19.1. The maximum Gasteiger partial charge on any atom is 0.123 e. The number of nitrogens with zero attached hydrogens (tertiary/aromatic N) is 2. The van der Waals surface area contributed by atoms with Crippen molar-refractivity contribution in [3.05, 3.63) is 53.6 Å². The van der Waals surface area contributed by atoms with Gasteiger partial charge in [-0.25, -0.2) is 4.39 Å². The van der Waals surface area contributed by atoms with Crippen LogP contribution in [0.5, 0.6) is 0 Å². The van der Waals surface area contributed by atoms with Gasteiger partial charge in [0, 0.05) is 25.2 Å². The van der Waals surface area contributed by atoms with Crippen LogP contribution in [0, 0.1) is 5.82 Å². The molecular weight excluding hydrogens is 245 g/mol. The number of nitrogens with two attached hydrogens (primary N) is 1. The van der Waals surface area contributed by atoms with Crippen molar-refractivity contribution in [2.24, 2.45) is 12.8 Å². The normalized spacial score (nSPS) is 14.3. The molecule has 0 fully saturated rings. The lowest BCUT2D eigenvalue weighted by Crippen LogP contribution is -2.41. The van der Waals surface area contributed by atoms with Gasteiger partial charge >= 0.3 is 0 Å². The molecular formula is C14H18FN3O. The van der Waals surface area contributed by atoms with Gasteiger partial charge in [0.2, 0.25) is 0 Å². The number of rotatable bonds is 5. The molecule has 0 saturated heterocycles. The van der Waals surface area contributed by atoms with Crippen molar-refractivity contribution < 1.29 is 9.50 Å². The quantitative estimate of drug-likeness (QED) is 0.845. The van der Waals surface area contributed by atoms with Crippen LogP contribution < -0.4 is 5.73 Å². The van der Waals surface area contributed by atoms with Crippen LogP contribution in [0.1, 0.15) is 11.1 Å². The lowest BCUT2D eigenvalue weighted by Gasteiger charge is -2.30. The van der Waals surface area contributed by atoms with E-state index in [9.17, 15) is 9.50 Å². The van der Waals surface area contributed by atoms with Gasteiger partial charge in [-0.15, -0.1) is 0 Å². The molecule has 4 nitrogen and oxygen atoms in total. The fraction of sp³-hybridized carbons (Fsp3) is 0.357. The Morgan fingerprint density at radius 3 is 2.79 bits per heavy atom. The van der Waals surface area contributed by atoms with Crippen LogP contribution in [0.4, 0.5) is 4.39 Å². The fourth-order valence-electron chi connectivity index (χ4n) is 2.28. The zero-order chi connectivity index (χ0) is 13.9. The standard InChI is InChI=1S/C14H18FN3O/c1-18-8-11(7-17-18)6-14(9-16,10-19)12-3-2-4-13(15)5-12/h2-5,7-8,19H,6,9-10,16H2,1H3. The Kier molecular flexibility index (Phi) is 3.97. The SMILES string of the molecule is Cn1cc(CC(CN)(CO)c2cccc(F)c2)cn1. The molecule has 5 heteroatoms. The number of aliphatic hydroxyl groups is 1. The maximum atomic E-state index is 13.4. The summed E-state index contributed by atoms with van der Waals surface area (Å²) in [5.74, 6) is -0.324.